The van der Waals surface area contributed by atoms with E-state index in [2.05, 4.69) is 34.1 Å². The predicted octanol–water partition coefficient (Wildman–Crippen LogP) is 1.76. The Hall–Kier alpha value is -1.14. The lowest BCUT2D eigenvalue weighted by molar-refractivity contribution is -0.0504. The van der Waals surface area contributed by atoms with E-state index in [1.165, 1.54) is 18.4 Å². The summed E-state index contributed by atoms with van der Waals surface area (Å²) in [5.74, 6) is 0.938. The number of hydrogen-bond acceptors (Lipinski definition) is 5. The van der Waals surface area contributed by atoms with Crippen molar-refractivity contribution >= 4 is 0 Å². The van der Waals surface area contributed by atoms with Crippen LogP contribution in [0.1, 0.15) is 18.4 Å². The molecule has 1 aromatic carbocycles. The molecule has 4 rings (SSSR count). The van der Waals surface area contributed by atoms with E-state index in [1.807, 2.05) is 0 Å². The lowest BCUT2D eigenvalue weighted by Crippen LogP contribution is -2.45. The van der Waals surface area contributed by atoms with E-state index in [4.69, 9.17) is 14.2 Å². The van der Waals surface area contributed by atoms with E-state index in [0.717, 1.165) is 64.3 Å². The van der Waals surface area contributed by atoms with Crippen LogP contribution in [0.25, 0.3) is 0 Å². The number of ether oxygens (including phenoxy) is 3. The Bertz CT molecular complexity index is 512. The molecule has 5 nitrogen and oxygen atoms in total. The molecular formula is C19H28N2O3. The molecule has 0 spiro atoms. The van der Waals surface area contributed by atoms with Gasteiger partial charge in [0.05, 0.1) is 19.8 Å². The van der Waals surface area contributed by atoms with Crippen LogP contribution in [0.5, 0.6) is 5.75 Å². The summed E-state index contributed by atoms with van der Waals surface area (Å²) in [6.07, 6.45) is 2.92. The van der Waals surface area contributed by atoms with Gasteiger partial charge < -0.3 is 14.2 Å². The molecule has 1 aliphatic carbocycles. The summed E-state index contributed by atoms with van der Waals surface area (Å²) in [5, 5.41) is 0. The maximum Gasteiger partial charge on any atom is 0.119 e. The third-order valence-electron chi connectivity index (χ3n) is 5.10. The molecule has 0 radical (unpaired) electrons. The SMILES string of the molecule is c1cc(OCC2CN(C3CC3)CCO2)ccc1CN1CCOCC1. The van der Waals surface area contributed by atoms with Gasteiger partial charge in [-0.1, -0.05) is 12.1 Å². The molecule has 1 unspecified atom stereocenters. The Labute approximate surface area is 144 Å². The number of hydrogen-bond donors (Lipinski definition) is 0. The molecule has 2 saturated heterocycles. The largest absolute Gasteiger partial charge is 0.491 e. The van der Waals surface area contributed by atoms with Crippen LogP contribution >= 0.6 is 0 Å². The van der Waals surface area contributed by atoms with Crippen LogP contribution in [0, 0.1) is 0 Å². The minimum Gasteiger partial charge on any atom is -0.491 e. The van der Waals surface area contributed by atoms with Crippen LogP contribution in [-0.2, 0) is 16.0 Å². The highest BCUT2D eigenvalue weighted by molar-refractivity contribution is 5.27. The minimum absolute atomic E-state index is 0.201. The van der Waals surface area contributed by atoms with Crippen LogP contribution in [0.15, 0.2) is 24.3 Å². The average Bonchev–Trinajstić information content (AvgIpc) is 3.48. The zero-order valence-electron chi connectivity index (χ0n) is 14.4. The quantitative estimate of drug-likeness (QED) is 0.793. The molecule has 0 aromatic heterocycles. The van der Waals surface area contributed by atoms with Crippen molar-refractivity contribution in [3.63, 3.8) is 0 Å². The van der Waals surface area contributed by atoms with Crippen molar-refractivity contribution < 1.29 is 14.2 Å². The Kier molecular flexibility index (Phi) is 5.33. The Morgan fingerprint density at radius 3 is 2.54 bits per heavy atom. The monoisotopic (exact) mass is 332 g/mol. The highest BCUT2D eigenvalue weighted by Crippen LogP contribution is 2.28. The van der Waals surface area contributed by atoms with Gasteiger partial charge >= 0.3 is 0 Å². The minimum atomic E-state index is 0.201. The second kappa shape index (κ2) is 7.83. The van der Waals surface area contributed by atoms with Crippen molar-refractivity contribution in [2.45, 2.75) is 31.5 Å². The van der Waals surface area contributed by atoms with Gasteiger partial charge in [-0.25, -0.2) is 0 Å². The van der Waals surface area contributed by atoms with Crippen molar-refractivity contribution in [2.75, 3.05) is 52.6 Å². The van der Waals surface area contributed by atoms with Crippen molar-refractivity contribution in [3.05, 3.63) is 29.8 Å². The van der Waals surface area contributed by atoms with Gasteiger partial charge in [-0.3, -0.25) is 9.80 Å². The fraction of sp³-hybridized carbons (Fsp3) is 0.684. The molecule has 24 heavy (non-hydrogen) atoms. The third-order valence-corrected chi connectivity index (χ3v) is 5.10. The van der Waals surface area contributed by atoms with Crippen molar-refractivity contribution in [3.8, 4) is 5.75 Å². The molecule has 0 amide bonds. The second-order valence-corrected chi connectivity index (χ2v) is 7.06. The molecule has 3 fully saturated rings. The van der Waals surface area contributed by atoms with Crippen molar-refractivity contribution in [1.82, 2.24) is 9.80 Å². The van der Waals surface area contributed by atoms with E-state index in [9.17, 15) is 0 Å². The molecule has 5 heteroatoms. The van der Waals surface area contributed by atoms with Crippen LogP contribution in [0.2, 0.25) is 0 Å². The van der Waals surface area contributed by atoms with Gasteiger partial charge in [-0.2, -0.15) is 0 Å². The van der Waals surface area contributed by atoms with E-state index >= 15 is 0 Å². The van der Waals surface area contributed by atoms with Gasteiger partial charge in [0.1, 0.15) is 18.5 Å². The van der Waals surface area contributed by atoms with Gasteiger partial charge in [0, 0.05) is 38.8 Å². The van der Waals surface area contributed by atoms with E-state index in [1.54, 1.807) is 0 Å². The Morgan fingerprint density at radius 2 is 1.79 bits per heavy atom. The van der Waals surface area contributed by atoms with Crippen LogP contribution < -0.4 is 4.74 Å². The molecular weight excluding hydrogens is 304 g/mol. The Morgan fingerprint density at radius 1 is 1.00 bits per heavy atom. The lowest BCUT2D eigenvalue weighted by Gasteiger charge is -2.32. The second-order valence-electron chi connectivity index (χ2n) is 7.06. The number of nitrogens with zero attached hydrogens (tertiary/aromatic N) is 2. The predicted molar refractivity (Wildman–Crippen MR) is 92.4 cm³/mol. The molecule has 1 aromatic rings. The molecule has 1 atom stereocenters. The van der Waals surface area contributed by atoms with E-state index in [0.29, 0.717) is 6.61 Å². The molecule has 3 aliphatic rings. The summed E-state index contributed by atoms with van der Waals surface area (Å²) in [6.45, 7) is 8.31. The molecule has 132 valence electrons. The summed E-state index contributed by atoms with van der Waals surface area (Å²) in [6, 6.07) is 9.32. The highest BCUT2D eigenvalue weighted by Gasteiger charge is 2.33. The van der Waals surface area contributed by atoms with Gasteiger partial charge in [0.25, 0.3) is 0 Å². The van der Waals surface area contributed by atoms with Gasteiger partial charge in [0.15, 0.2) is 0 Å². The highest BCUT2D eigenvalue weighted by atomic mass is 16.5. The molecule has 0 bridgehead atoms. The van der Waals surface area contributed by atoms with E-state index in [-0.39, 0.29) is 6.10 Å². The first-order chi connectivity index (χ1) is 11.9. The smallest absolute Gasteiger partial charge is 0.119 e. The summed E-state index contributed by atoms with van der Waals surface area (Å²) < 4.78 is 17.2. The number of morpholine rings is 2. The molecule has 1 saturated carbocycles. The summed E-state index contributed by atoms with van der Waals surface area (Å²) in [5.41, 5.74) is 1.33. The molecule has 2 aliphatic heterocycles. The van der Waals surface area contributed by atoms with Crippen LogP contribution in [0.4, 0.5) is 0 Å². The lowest BCUT2D eigenvalue weighted by atomic mass is 10.2. The van der Waals surface area contributed by atoms with Crippen LogP contribution in [0.3, 0.4) is 0 Å². The standard InChI is InChI=1S/C19H28N2O3/c1-5-18(6-2-16(1)13-20-7-10-22-11-8-20)24-15-19-14-21(9-12-23-19)17-3-4-17/h1-2,5-6,17,19H,3-4,7-15H2. The average molecular weight is 332 g/mol. The van der Waals surface area contributed by atoms with Gasteiger partial charge in [-0.15, -0.1) is 0 Å². The number of benzene rings is 1. The number of rotatable bonds is 6. The first kappa shape index (κ1) is 16.3. The fourth-order valence-electron chi connectivity index (χ4n) is 3.51. The van der Waals surface area contributed by atoms with E-state index < -0.39 is 0 Å². The fourth-order valence-corrected chi connectivity index (χ4v) is 3.51. The Balaban J connectivity index is 1.23. The van der Waals surface area contributed by atoms with Gasteiger partial charge in [-0.05, 0) is 30.5 Å². The van der Waals surface area contributed by atoms with Crippen molar-refractivity contribution in [1.29, 1.82) is 0 Å². The summed E-state index contributed by atoms with van der Waals surface area (Å²) >= 11 is 0. The maximum absolute atomic E-state index is 5.95. The maximum atomic E-state index is 5.95. The summed E-state index contributed by atoms with van der Waals surface area (Å²) in [4.78, 5) is 4.99. The van der Waals surface area contributed by atoms with Gasteiger partial charge in [0.2, 0.25) is 0 Å². The topological polar surface area (TPSA) is 34.2 Å². The van der Waals surface area contributed by atoms with Crippen LogP contribution in [-0.4, -0.2) is 74.6 Å². The first-order valence-electron chi connectivity index (χ1n) is 9.24. The third kappa shape index (κ3) is 4.48. The summed E-state index contributed by atoms with van der Waals surface area (Å²) in [7, 11) is 0. The zero-order chi connectivity index (χ0) is 16.2. The van der Waals surface area contributed by atoms with Crippen molar-refractivity contribution in [2.24, 2.45) is 0 Å². The molecule has 2 heterocycles. The molecule has 0 N–H and O–H groups in total. The normalized spacial score (nSPS) is 26.4. The zero-order valence-corrected chi connectivity index (χ0v) is 14.4. The first-order valence-corrected chi connectivity index (χ1v) is 9.24.